The normalized spacial score (nSPS) is 19.4. The van der Waals surface area contributed by atoms with E-state index < -0.39 is 0 Å². The van der Waals surface area contributed by atoms with E-state index in [9.17, 15) is 4.79 Å². The molecule has 0 aliphatic carbocycles. The maximum absolute atomic E-state index is 11.9. The molecule has 1 N–H and O–H groups in total. The largest absolute Gasteiger partial charge is 0.383 e. The number of likely N-dealkylation sites (N-methyl/N-ethyl adjacent to an activating group) is 1. The van der Waals surface area contributed by atoms with Crippen LogP contribution >= 0.6 is 0 Å². The first-order valence-corrected chi connectivity index (χ1v) is 6.36. The van der Waals surface area contributed by atoms with E-state index in [1.165, 1.54) is 0 Å². The SMILES string of the molecule is CCC(COC)NCC(=O)N1CCN(C)CC1. The molecule has 1 atom stereocenters. The van der Waals surface area contributed by atoms with Crippen molar-refractivity contribution in [3.05, 3.63) is 0 Å². The van der Waals surface area contributed by atoms with E-state index in [-0.39, 0.29) is 11.9 Å². The third kappa shape index (κ3) is 5.02. The highest BCUT2D eigenvalue weighted by Crippen LogP contribution is 1.99. The van der Waals surface area contributed by atoms with Gasteiger partial charge in [0.2, 0.25) is 5.91 Å². The minimum absolute atomic E-state index is 0.202. The number of nitrogens with one attached hydrogen (secondary N) is 1. The van der Waals surface area contributed by atoms with Crippen molar-refractivity contribution < 1.29 is 9.53 Å². The Balaban J connectivity index is 2.24. The van der Waals surface area contributed by atoms with Crippen molar-refractivity contribution in [1.29, 1.82) is 0 Å². The van der Waals surface area contributed by atoms with Crippen LogP contribution in [0.5, 0.6) is 0 Å². The zero-order valence-electron chi connectivity index (χ0n) is 11.2. The second-order valence-corrected chi connectivity index (χ2v) is 4.63. The van der Waals surface area contributed by atoms with Gasteiger partial charge in [0.1, 0.15) is 0 Å². The van der Waals surface area contributed by atoms with Crippen molar-refractivity contribution in [2.75, 3.05) is 53.5 Å². The fourth-order valence-electron chi connectivity index (χ4n) is 1.92. The summed E-state index contributed by atoms with van der Waals surface area (Å²) in [5, 5.41) is 3.25. The molecule has 1 saturated heterocycles. The molecule has 0 bridgehead atoms. The van der Waals surface area contributed by atoms with Crippen LogP contribution in [0.1, 0.15) is 13.3 Å². The number of carbonyl (C=O) groups excluding carboxylic acids is 1. The van der Waals surface area contributed by atoms with Gasteiger partial charge in [0.05, 0.1) is 13.2 Å². The summed E-state index contributed by atoms with van der Waals surface area (Å²) in [5.74, 6) is 0.202. The number of nitrogens with zero attached hydrogens (tertiary/aromatic N) is 2. The quantitative estimate of drug-likeness (QED) is 0.700. The first kappa shape index (κ1) is 14.4. The molecule has 1 aliphatic heterocycles. The Labute approximate surface area is 104 Å². The molecule has 1 fully saturated rings. The topological polar surface area (TPSA) is 44.8 Å². The van der Waals surface area contributed by atoms with Crippen molar-refractivity contribution in [1.82, 2.24) is 15.1 Å². The lowest BCUT2D eigenvalue weighted by Crippen LogP contribution is -2.50. The molecule has 5 heteroatoms. The smallest absolute Gasteiger partial charge is 0.236 e. The van der Waals surface area contributed by atoms with Crippen LogP contribution in [0.3, 0.4) is 0 Å². The summed E-state index contributed by atoms with van der Waals surface area (Å²) in [5.41, 5.74) is 0. The summed E-state index contributed by atoms with van der Waals surface area (Å²) in [6.45, 7) is 6.81. The fourth-order valence-corrected chi connectivity index (χ4v) is 1.92. The molecule has 0 radical (unpaired) electrons. The summed E-state index contributed by atoms with van der Waals surface area (Å²) >= 11 is 0. The summed E-state index contributed by atoms with van der Waals surface area (Å²) in [7, 11) is 3.78. The highest BCUT2D eigenvalue weighted by Gasteiger charge is 2.19. The lowest BCUT2D eigenvalue weighted by Gasteiger charge is -2.32. The summed E-state index contributed by atoms with van der Waals surface area (Å²) in [6.07, 6.45) is 0.976. The molecule has 0 aromatic heterocycles. The van der Waals surface area contributed by atoms with E-state index >= 15 is 0 Å². The van der Waals surface area contributed by atoms with Gasteiger partial charge in [0, 0.05) is 39.3 Å². The van der Waals surface area contributed by atoms with Crippen LogP contribution in [-0.4, -0.2) is 75.2 Å². The van der Waals surface area contributed by atoms with Gasteiger partial charge in [-0.05, 0) is 13.5 Å². The van der Waals surface area contributed by atoms with E-state index in [0.29, 0.717) is 13.2 Å². The van der Waals surface area contributed by atoms with Gasteiger partial charge in [-0.3, -0.25) is 4.79 Å². The van der Waals surface area contributed by atoms with Gasteiger partial charge in [0.25, 0.3) is 0 Å². The van der Waals surface area contributed by atoms with Gasteiger partial charge in [-0.1, -0.05) is 6.92 Å². The maximum Gasteiger partial charge on any atom is 0.236 e. The van der Waals surface area contributed by atoms with Crippen molar-refractivity contribution >= 4 is 5.91 Å². The molecule has 0 spiro atoms. The summed E-state index contributed by atoms with van der Waals surface area (Å²) in [4.78, 5) is 16.1. The number of ether oxygens (including phenoxy) is 1. The molecule has 0 saturated carbocycles. The number of amides is 1. The number of carbonyl (C=O) groups is 1. The van der Waals surface area contributed by atoms with Gasteiger partial charge >= 0.3 is 0 Å². The van der Waals surface area contributed by atoms with Crippen molar-refractivity contribution in [3.63, 3.8) is 0 Å². The molecule has 1 aliphatic rings. The molecule has 17 heavy (non-hydrogen) atoms. The Morgan fingerprint density at radius 1 is 1.35 bits per heavy atom. The molecule has 0 aromatic carbocycles. The maximum atomic E-state index is 11.9. The van der Waals surface area contributed by atoms with E-state index in [1.807, 2.05) is 4.90 Å². The van der Waals surface area contributed by atoms with E-state index in [0.717, 1.165) is 32.6 Å². The van der Waals surface area contributed by atoms with Crippen molar-refractivity contribution in [2.24, 2.45) is 0 Å². The van der Waals surface area contributed by atoms with Crippen LogP contribution in [0.15, 0.2) is 0 Å². The standard InChI is InChI=1S/C12H25N3O2/c1-4-11(10-17-3)13-9-12(16)15-7-5-14(2)6-8-15/h11,13H,4-10H2,1-3H3. The van der Waals surface area contributed by atoms with Crippen LogP contribution in [0.2, 0.25) is 0 Å². The predicted octanol–water partition coefficient (Wildman–Crippen LogP) is -0.225. The van der Waals surface area contributed by atoms with Gasteiger partial charge in [-0.2, -0.15) is 0 Å². The molecule has 1 amide bonds. The average molecular weight is 243 g/mol. The molecule has 1 unspecified atom stereocenters. The van der Waals surface area contributed by atoms with Crippen LogP contribution in [0.25, 0.3) is 0 Å². The molecule has 1 rings (SSSR count). The summed E-state index contributed by atoms with van der Waals surface area (Å²) < 4.78 is 5.09. The minimum Gasteiger partial charge on any atom is -0.383 e. The number of rotatable bonds is 6. The Kier molecular flexibility index (Phi) is 6.47. The highest BCUT2D eigenvalue weighted by atomic mass is 16.5. The van der Waals surface area contributed by atoms with Crippen LogP contribution in [0, 0.1) is 0 Å². The molecule has 1 heterocycles. The third-order valence-electron chi connectivity index (χ3n) is 3.26. The van der Waals surface area contributed by atoms with Gasteiger partial charge in [-0.25, -0.2) is 0 Å². The van der Waals surface area contributed by atoms with E-state index in [2.05, 4.69) is 24.2 Å². The van der Waals surface area contributed by atoms with Gasteiger partial charge < -0.3 is 19.9 Å². The Morgan fingerprint density at radius 3 is 2.53 bits per heavy atom. The van der Waals surface area contributed by atoms with Crippen LogP contribution < -0.4 is 5.32 Å². The number of hydrogen-bond donors (Lipinski definition) is 1. The number of hydrogen-bond acceptors (Lipinski definition) is 4. The van der Waals surface area contributed by atoms with Crippen molar-refractivity contribution in [2.45, 2.75) is 19.4 Å². The second kappa shape index (κ2) is 7.63. The lowest BCUT2D eigenvalue weighted by molar-refractivity contribution is -0.132. The van der Waals surface area contributed by atoms with Gasteiger partial charge in [-0.15, -0.1) is 0 Å². The summed E-state index contributed by atoms with van der Waals surface area (Å²) in [6, 6.07) is 0.274. The Morgan fingerprint density at radius 2 is 2.00 bits per heavy atom. The first-order chi connectivity index (χ1) is 8.17. The average Bonchev–Trinajstić information content (AvgIpc) is 2.35. The third-order valence-corrected chi connectivity index (χ3v) is 3.26. The van der Waals surface area contributed by atoms with E-state index in [1.54, 1.807) is 7.11 Å². The highest BCUT2D eigenvalue weighted by molar-refractivity contribution is 5.78. The molecular formula is C12H25N3O2. The predicted molar refractivity (Wildman–Crippen MR) is 68.0 cm³/mol. The first-order valence-electron chi connectivity index (χ1n) is 6.36. The molecule has 5 nitrogen and oxygen atoms in total. The number of methoxy groups -OCH3 is 1. The lowest BCUT2D eigenvalue weighted by atomic mass is 10.2. The van der Waals surface area contributed by atoms with Gasteiger partial charge in [0.15, 0.2) is 0 Å². The molecular weight excluding hydrogens is 218 g/mol. The van der Waals surface area contributed by atoms with Crippen LogP contribution in [0.4, 0.5) is 0 Å². The second-order valence-electron chi connectivity index (χ2n) is 4.63. The van der Waals surface area contributed by atoms with Crippen LogP contribution in [-0.2, 0) is 9.53 Å². The monoisotopic (exact) mass is 243 g/mol. The number of piperazine rings is 1. The van der Waals surface area contributed by atoms with Crippen molar-refractivity contribution in [3.8, 4) is 0 Å². The minimum atomic E-state index is 0.202. The Hall–Kier alpha value is -0.650. The zero-order valence-corrected chi connectivity index (χ0v) is 11.2. The van der Waals surface area contributed by atoms with E-state index in [4.69, 9.17) is 4.74 Å². The molecule has 100 valence electrons. The fraction of sp³-hybridized carbons (Fsp3) is 0.917. The zero-order chi connectivity index (χ0) is 12.7. The Bertz CT molecular complexity index is 228. The molecule has 0 aromatic rings.